The van der Waals surface area contributed by atoms with Crippen LogP contribution in [0.4, 0.5) is 11.4 Å². The molecule has 104 valence electrons. The van der Waals surface area contributed by atoms with Crippen molar-refractivity contribution in [1.82, 2.24) is 0 Å². The van der Waals surface area contributed by atoms with Crippen molar-refractivity contribution in [2.45, 2.75) is 12.8 Å². The van der Waals surface area contributed by atoms with Crippen molar-refractivity contribution in [2.75, 3.05) is 18.2 Å². The molecule has 4 nitrogen and oxygen atoms in total. The summed E-state index contributed by atoms with van der Waals surface area (Å²) in [5.41, 5.74) is 8.14. The van der Waals surface area contributed by atoms with E-state index in [9.17, 15) is 4.79 Å². The highest BCUT2D eigenvalue weighted by Crippen LogP contribution is 2.24. The predicted molar refractivity (Wildman–Crippen MR) is 80.8 cm³/mol. The molecule has 0 aliphatic rings. The van der Waals surface area contributed by atoms with E-state index in [-0.39, 0.29) is 5.91 Å². The normalized spacial score (nSPS) is 10.1. The highest BCUT2D eigenvalue weighted by molar-refractivity contribution is 5.91. The minimum Gasteiger partial charge on any atom is -0.495 e. The van der Waals surface area contributed by atoms with E-state index in [1.807, 2.05) is 30.3 Å². The fourth-order valence-corrected chi connectivity index (χ4v) is 1.94. The maximum absolute atomic E-state index is 11.9. The summed E-state index contributed by atoms with van der Waals surface area (Å²) in [6, 6.07) is 15.1. The van der Waals surface area contributed by atoms with Crippen LogP contribution in [-0.4, -0.2) is 13.0 Å². The molecule has 3 N–H and O–H groups in total. The van der Waals surface area contributed by atoms with E-state index in [0.29, 0.717) is 23.5 Å². The van der Waals surface area contributed by atoms with Crippen molar-refractivity contribution < 1.29 is 9.53 Å². The number of hydrogen-bond donors (Lipinski definition) is 2. The van der Waals surface area contributed by atoms with Crippen LogP contribution in [0.25, 0.3) is 0 Å². The van der Waals surface area contributed by atoms with E-state index in [0.717, 1.165) is 12.0 Å². The molecule has 2 aromatic carbocycles. The van der Waals surface area contributed by atoms with Crippen LogP contribution in [0.5, 0.6) is 5.75 Å². The molecule has 0 saturated heterocycles. The number of nitrogens with one attached hydrogen (secondary N) is 1. The average Bonchev–Trinajstić information content (AvgIpc) is 2.46. The summed E-state index contributed by atoms with van der Waals surface area (Å²) in [7, 11) is 1.56. The number of methoxy groups -OCH3 is 1. The van der Waals surface area contributed by atoms with Crippen LogP contribution in [0.2, 0.25) is 0 Å². The maximum atomic E-state index is 11.9. The lowest BCUT2D eigenvalue weighted by atomic mass is 10.1. The second-order valence-electron chi connectivity index (χ2n) is 4.49. The Morgan fingerprint density at radius 2 is 1.95 bits per heavy atom. The Labute approximate surface area is 118 Å². The Kier molecular flexibility index (Phi) is 4.60. The summed E-state index contributed by atoms with van der Waals surface area (Å²) >= 11 is 0. The van der Waals surface area contributed by atoms with E-state index < -0.39 is 0 Å². The van der Waals surface area contributed by atoms with Crippen LogP contribution in [-0.2, 0) is 11.2 Å². The smallest absolute Gasteiger partial charge is 0.224 e. The molecule has 1 amide bonds. The van der Waals surface area contributed by atoms with E-state index in [2.05, 4.69) is 5.32 Å². The van der Waals surface area contributed by atoms with Gasteiger partial charge in [0, 0.05) is 12.1 Å². The van der Waals surface area contributed by atoms with Gasteiger partial charge >= 0.3 is 0 Å². The number of hydrogen-bond acceptors (Lipinski definition) is 3. The van der Waals surface area contributed by atoms with Gasteiger partial charge in [-0.1, -0.05) is 30.3 Å². The third-order valence-corrected chi connectivity index (χ3v) is 3.00. The third kappa shape index (κ3) is 3.75. The van der Waals surface area contributed by atoms with Gasteiger partial charge in [-0.2, -0.15) is 0 Å². The second kappa shape index (κ2) is 6.61. The van der Waals surface area contributed by atoms with Crippen LogP contribution < -0.4 is 15.8 Å². The Hall–Kier alpha value is -2.49. The minimum atomic E-state index is -0.0292. The lowest BCUT2D eigenvalue weighted by molar-refractivity contribution is -0.116. The zero-order valence-corrected chi connectivity index (χ0v) is 11.4. The molecule has 0 aliphatic heterocycles. The largest absolute Gasteiger partial charge is 0.495 e. The Morgan fingerprint density at radius 1 is 1.20 bits per heavy atom. The van der Waals surface area contributed by atoms with Gasteiger partial charge < -0.3 is 15.8 Å². The number of carbonyl (C=O) groups is 1. The first-order valence-electron chi connectivity index (χ1n) is 6.46. The van der Waals surface area contributed by atoms with Crippen LogP contribution in [0.1, 0.15) is 12.0 Å². The lowest BCUT2D eigenvalue weighted by Gasteiger charge is -2.09. The van der Waals surface area contributed by atoms with Crippen molar-refractivity contribution in [2.24, 2.45) is 0 Å². The van der Waals surface area contributed by atoms with Crippen LogP contribution in [0.3, 0.4) is 0 Å². The van der Waals surface area contributed by atoms with Crippen molar-refractivity contribution in [3.05, 3.63) is 54.1 Å². The molecule has 0 fully saturated rings. The Morgan fingerprint density at radius 3 is 2.60 bits per heavy atom. The number of rotatable bonds is 5. The molecular weight excluding hydrogens is 252 g/mol. The molecule has 0 radical (unpaired) electrons. The number of carbonyl (C=O) groups excluding carboxylic acids is 1. The summed E-state index contributed by atoms with van der Waals surface area (Å²) in [5, 5.41) is 2.83. The van der Waals surface area contributed by atoms with Gasteiger partial charge in [-0.15, -0.1) is 0 Å². The van der Waals surface area contributed by atoms with Gasteiger partial charge in [-0.3, -0.25) is 4.79 Å². The number of nitrogen functional groups attached to an aromatic ring is 1. The van der Waals surface area contributed by atoms with Gasteiger partial charge in [0.25, 0.3) is 0 Å². The van der Waals surface area contributed by atoms with Gasteiger partial charge in [0.05, 0.1) is 12.8 Å². The predicted octanol–water partition coefficient (Wildman–Crippen LogP) is 2.85. The SMILES string of the molecule is COc1ccc(NC(=O)CCc2ccccc2)cc1N. The zero-order chi connectivity index (χ0) is 14.4. The summed E-state index contributed by atoms with van der Waals surface area (Å²) < 4.78 is 5.07. The topological polar surface area (TPSA) is 64.3 Å². The van der Waals surface area contributed by atoms with Crippen molar-refractivity contribution in [3.8, 4) is 5.75 Å². The lowest BCUT2D eigenvalue weighted by Crippen LogP contribution is -2.12. The van der Waals surface area contributed by atoms with E-state index in [1.54, 1.807) is 25.3 Å². The summed E-state index contributed by atoms with van der Waals surface area (Å²) in [6.45, 7) is 0. The van der Waals surface area contributed by atoms with Gasteiger partial charge in [-0.25, -0.2) is 0 Å². The number of aryl methyl sites for hydroxylation is 1. The molecule has 0 heterocycles. The molecule has 0 atom stereocenters. The number of anilines is 2. The van der Waals surface area contributed by atoms with Gasteiger partial charge in [0.2, 0.25) is 5.91 Å². The first kappa shape index (κ1) is 13.9. The molecule has 4 heteroatoms. The molecule has 2 rings (SSSR count). The average molecular weight is 270 g/mol. The summed E-state index contributed by atoms with van der Waals surface area (Å²) in [4.78, 5) is 11.9. The monoisotopic (exact) mass is 270 g/mol. The van der Waals surface area contributed by atoms with Gasteiger partial charge in [-0.05, 0) is 30.2 Å². The molecule has 0 saturated carbocycles. The fourth-order valence-electron chi connectivity index (χ4n) is 1.94. The van der Waals surface area contributed by atoms with Gasteiger partial charge in [0.15, 0.2) is 0 Å². The first-order chi connectivity index (χ1) is 9.69. The molecular formula is C16H18N2O2. The van der Waals surface area contributed by atoms with Crippen LogP contribution >= 0.6 is 0 Å². The standard InChI is InChI=1S/C16H18N2O2/c1-20-15-9-8-13(11-14(15)17)18-16(19)10-7-12-5-3-2-4-6-12/h2-6,8-9,11H,7,10,17H2,1H3,(H,18,19). The van der Waals surface area contributed by atoms with E-state index in [4.69, 9.17) is 10.5 Å². The number of benzene rings is 2. The molecule has 0 unspecified atom stereocenters. The second-order valence-corrected chi connectivity index (χ2v) is 4.49. The molecule has 0 spiro atoms. The van der Waals surface area contributed by atoms with E-state index >= 15 is 0 Å². The fraction of sp³-hybridized carbons (Fsp3) is 0.188. The third-order valence-electron chi connectivity index (χ3n) is 3.00. The quantitative estimate of drug-likeness (QED) is 0.821. The first-order valence-corrected chi connectivity index (χ1v) is 6.46. The molecule has 0 aliphatic carbocycles. The van der Waals surface area contributed by atoms with Crippen LogP contribution in [0.15, 0.2) is 48.5 Å². The van der Waals surface area contributed by atoms with Crippen molar-refractivity contribution in [1.29, 1.82) is 0 Å². The number of nitrogens with two attached hydrogens (primary N) is 1. The van der Waals surface area contributed by atoms with E-state index in [1.165, 1.54) is 0 Å². The minimum absolute atomic E-state index is 0.0292. The zero-order valence-electron chi connectivity index (χ0n) is 11.4. The molecule has 0 aromatic heterocycles. The molecule has 20 heavy (non-hydrogen) atoms. The number of amides is 1. The van der Waals surface area contributed by atoms with Gasteiger partial charge in [0.1, 0.15) is 5.75 Å². The van der Waals surface area contributed by atoms with Crippen molar-refractivity contribution in [3.63, 3.8) is 0 Å². The summed E-state index contributed by atoms with van der Waals surface area (Å²) in [5.74, 6) is 0.575. The Bertz CT molecular complexity index is 582. The highest BCUT2D eigenvalue weighted by Gasteiger charge is 2.05. The Balaban J connectivity index is 1.90. The molecule has 2 aromatic rings. The maximum Gasteiger partial charge on any atom is 0.224 e. The number of ether oxygens (including phenoxy) is 1. The van der Waals surface area contributed by atoms with Crippen LogP contribution in [0, 0.1) is 0 Å². The molecule has 0 bridgehead atoms. The highest BCUT2D eigenvalue weighted by atomic mass is 16.5. The van der Waals surface area contributed by atoms with Crippen molar-refractivity contribution >= 4 is 17.3 Å². The summed E-state index contributed by atoms with van der Waals surface area (Å²) in [6.07, 6.45) is 1.16.